The zero-order valence-electron chi connectivity index (χ0n) is 13.1. The van der Waals surface area contributed by atoms with Crippen LogP contribution in [0.4, 0.5) is 4.79 Å². The first-order valence-corrected chi connectivity index (χ1v) is 6.92. The number of amides is 1. The Morgan fingerprint density at radius 3 is 2.59 bits per heavy atom. The van der Waals surface area contributed by atoms with Crippen LogP contribution in [0, 0.1) is 0 Å². The van der Waals surface area contributed by atoms with Gasteiger partial charge in [0.15, 0.2) is 6.20 Å². The van der Waals surface area contributed by atoms with Crippen molar-refractivity contribution in [1.29, 1.82) is 0 Å². The topological polar surface area (TPSA) is 59.7 Å². The van der Waals surface area contributed by atoms with Crippen molar-refractivity contribution >= 4 is 23.0 Å². The number of ether oxygens (including phenoxy) is 2. The van der Waals surface area contributed by atoms with E-state index in [1.807, 2.05) is 7.05 Å². The van der Waals surface area contributed by atoms with E-state index in [1.54, 1.807) is 56.0 Å². The molecule has 6 nitrogen and oxygen atoms in total. The Morgan fingerprint density at radius 2 is 1.95 bits per heavy atom. The fraction of sp³-hybridized carbons (Fsp3) is 0.312. The van der Waals surface area contributed by atoms with Crippen LogP contribution in [0.1, 0.15) is 17.3 Å². The molecular weight excluding hydrogens is 284 g/mol. The number of nitrogens with zero attached hydrogens (tertiary/aromatic N) is 2. The van der Waals surface area contributed by atoms with Crippen molar-refractivity contribution < 1.29 is 23.6 Å². The van der Waals surface area contributed by atoms with Crippen molar-refractivity contribution in [3.8, 4) is 5.75 Å². The third-order valence-corrected chi connectivity index (χ3v) is 3.11. The van der Waals surface area contributed by atoms with E-state index in [0.29, 0.717) is 17.9 Å². The number of esters is 1. The lowest BCUT2D eigenvalue weighted by molar-refractivity contribution is -0.645. The molecule has 1 aromatic heterocycles. The van der Waals surface area contributed by atoms with Crippen molar-refractivity contribution in [2.75, 3.05) is 20.7 Å². The van der Waals surface area contributed by atoms with Crippen LogP contribution in [0.15, 0.2) is 30.5 Å². The predicted molar refractivity (Wildman–Crippen MR) is 80.8 cm³/mol. The number of aromatic nitrogens is 1. The van der Waals surface area contributed by atoms with E-state index >= 15 is 0 Å². The molecule has 116 valence electrons. The van der Waals surface area contributed by atoms with E-state index in [1.165, 1.54) is 4.90 Å². The number of aryl methyl sites for hydroxylation is 1. The molecule has 0 bridgehead atoms. The van der Waals surface area contributed by atoms with Crippen LogP contribution in [-0.4, -0.2) is 37.7 Å². The molecule has 1 amide bonds. The highest BCUT2D eigenvalue weighted by molar-refractivity contribution is 5.92. The van der Waals surface area contributed by atoms with Crippen molar-refractivity contribution in [3.05, 3.63) is 36.0 Å². The van der Waals surface area contributed by atoms with Gasteiger partial charge in [-0.05, 0) is 25.1 Å². The molecule has 0 radical (unpaired) electrons. The van der Waals surface area contributed by atoms with E-state index in [0.717, 1.165) is 10.9 Å². The Morgan fingerprint density at radius 1 is 1.23 bits per heavy atom. The molecule has 0 saturated heterocycles. The summed E-state index contributed by atoms with van der Waals surface area (Å²) >= 11 is 0. The summed E-state index contributed by atoms with van der Waals surface area (Å²) in [6.07, 6.45) is 1.25. The molecular formula is C16H19N2O4+. The lowest BCUT2D eigenvalue weighted by Crippen LogP contribution is -2.30. The van der Waals surface area contributed by atoms with Gasteiger partial charge in [0, 0.05) is 19.5 Å². The van der Waals surface area contributed by atoms with Gasteiger partial charge in [0.05, 0.1) is 12.7 Å². The minimum atomic E-state index is -0.440. The number of rotatable bonds is 3. The van der Waals surface area contributed by atoms with Crippen LogP contribution >= 0.6 is 0 Å². The maximum Gasteiger partial charge on any atom is 0.414 e. The van der Waals surface area contributed by atoms with Crippen LogP contribution in [0.25, 0.3) is 10.9 Å². The van der Waals surface area contributed by atoms with Gasteiger partial charge in [0.2, 0.25) is 5.52 Å². The summed E-state index contributed by atoms with van der Waals surface area (Å²) in [4.78, 5) is 24.8. The smallest absolute Gasteiger partial charge is 0.414 e. The molecule has 0 spiro atoms. The minimum Gasteiger partial charge on any atom is -0.462 e. The second kappa shape index (κ2) is 6.43. The second-order valence-electron chi connectivity index (χ2n) is 5.04. The summed E-state index contributed by atoms with van der Waals surface area (Å²) in [6.45, 7) is 2.10. The molecule has 22 heavy (non-hydrogen) atoms. The van der Waals surface area contributed by atoms with E-state index in [2.05, 4.69) is 0 Å². The largest absolute Gasteiger partial charge is 0.462 e. The molecule has 1 aromatic carbocycles. The number of hydrogen-bond donors (Lipinski definition) is 0. The quantitative estimate of drug-likeness (QED) is 0.642. The fourth-order valence-electron chi connectivity index (χ4n) is 2.02. The van der Waals surface area contributed by atoms with Gasteiger partial charge < -0.3 is 14.4 Å². The lowest BCUT2D eigenvalue weighted by Gasteiger charge is -2.10. The predicted octanol–water partition coefficient (Wildman–Crippen LogP) is 1.90. The SMILES string of the molecule is CCOC(=O)c1cc2ccc(OC(=O)N(C)C)cc2[n+](C)c1. The Bertz CT molecular complexity index is 725. The first-order chi connectivity index (χ1) is 10.4. The maximum atomic E-state index is 11.8. The first kappa shape index (κ1) is 15.8. The summed E-state index contributed by atoms with van der Waals surface area (Å²) in [5, 5.41) is 0.859. The third-order valence-electron chi connectivity index (χ3n) is 3.11. The molecule has 2 aromatic rings. The Balaban J connectivity index is 2.38. The van der Waals surface area contributed by atoms with Crippen molar-refractivity contribution in [2.45, 2.75) is 6.92 Å². The molecule has 0 aliphatic carbocycles. The molecule has 6 heteroatoms. The van der Waals surface area contributed by atoms with E-state index < -0.39 is 6.09 Å². The van der Waals surface area contributed by atoms with Crippen molar-refractivity contribution in [1.82, 2.24) is 4.90 Å². The number of benzene rings is 1. The number of carbonyl (C=O) groups is 2. The lowest BCUT2D eigenvalue weighted by atomic mass is 10.1. The molecule has 0 N–H and O–H groups in total. The molecule has 0 aliphatic heterocycles. The highest BCUT2D eigenvalue weighted by Gasteiger charge is 2.16. The van der Waals surface area contributed by atoms with Gasteiger partial charge in [-0.1, -0.05) is 0 Å². The summed E-state index contributed by atoms with van der Waals surface area (Å²) in [7, 11) is 5.06. The normalized spacial score (nSPS) is 10.4. The van der Waals surface area contributed by atoms with Crippen molar-refractivity contribution in [2.24, 2.45) is 7.05 Å². The Hall–Kier alpha value is -2.63. The van der Waals surface area contributed by atoms with Gasteiger partial charge in [-0.2, -0.15) is 0 Å². The van der Waals surface area contributed by atoms with Gasteiger partial charge in [-0.25, -0.2) is 14.2 Å². The number of fused-ring (bicyclic) bond motifs is 1. The number of hydrogen-bond acceptors (Lipinski definition) is 4. The summed E-state index contributed by atoms with van der Waals surface area (Å²) in [5.41, 5.74) is 1.33. The average molecular weight is 303 g/mol. The Labute approximate surface area is 128 Å². The molecule has 0 fully saturated rings. The highest BCUT2D eigenvalue weighted by Crippen LogP contribution is 2.20. The molecule has 0 saturated carbocycles. The van der Waals surface area contributed by atoms with E-state index in [-0.39, 0.29) is 5.97 Å². The van der Waals surface area contributed by atoms with Gasteiger partial charge in [0.1, 0.15) is 18.4 Å². The zero-order valence-corrected chi connectivity index (χ0v) is 13.1. The van der Waals surface area contributed by atoms with Crippen LogP contribution in [0.2, 0.25) is 0 Å². The standard InChI is InChI=1S/C16H19N2O4/c1-5-21-15(19)12-8-11-6-7-13(22-16(20)17(2)3)9-14(11)18(4)10-12/h6-10H,5H2,1-4H3/q+1. The number of pyridine rings is 1. The van der Waals surface area contributed by atoms with Crippen LogP contribution in [0.3, 0.4) is 0 Å². The molecule has 0 aliphatic rings. The van der Waals surface area contributed by atoms with E-state index in [4.69, 9.17) is 9.47 Å². The first-order valence-electron chi connectivity index (χ1n) is 6.92. The van der Waals surface area contributed by atoms with Gasteiger partial charge in [-0.15, -0.1) is 0 Å². The second-order valence-corrected chi connectivity index (χ2v) is 5.04. The maximum absolute atomic E-state index is 11.8. The molecule has 0 atom stereocenters. The Kier molecular flexibility index (Phi) is 4.60. The van der Waals surface area contributed by atoms with Gasteiger partial charge in [0.25, 0.3) is 0 Å². The third kappa shape index (κ3) is 3.33. The van der Waals surface area contributed by atoms with Gasteiger partial charge in [-0.3, -0.25) is 0 Å². The summed E-state index contributed by atoms with van der Waals surface area (Å²) in [5.74, 6) is 0.0915. The molecule has 1 heterocycles. The minimum absolute atomic E-state index is 0.333. The van der Waals surface area contributed by atoms with E-state index in [9.17, 15) is 9.59 Å². The highest BCUT2D eigenvalue weighted by atomic mass is 16.6. The fourth-order valence-corrected chi connectivity index (χ4v) is 2.02. The summed E-state index contributed by atoms with van der Waals surface area (Å²) in [6, 6.07) is 7.01. The van der Waals surface area contributed by atoms with Crippen LogP contribution < -0.4 is 9.30 Å². The molecule has 0 unspecified atom stereocenters. The molecule has 2 rings (SSSR count). The average Bonchev–Trinajstić information content (AvgIpc) is 2.47. The summed E-state index contributed by atoms with van der Waals surface area (Å²) < 4.78 is 12.0. The van der Waals surface area contributed by atoms with Crippen LogP contribution in [0.5, 0.6) is 5.75 Å². The van der Waals surface area contributed by atoms with Gasteiger partial charge >= 0.3 is 12.1 Å². The van der Waals surface area contributed by atoms with Crippen molar-refractivity contribution in [3.63, 3.8) is 0 Å². The van der Waals surface area contributed by atoms with Crippen LogP contribution in [-0.2, 0) is 11.8 Å². The zero-order chi connectivity index (χ0) is 16.3. The number of carbonyl (C=O) groups excluding carboxylic acids is 2. The monoisotopic (exact) mass is 303 g/mol.